The third-order valence-electron chi connectivity index (χ3n) is 3.09. The molecule has 0 radical (unpaired) electrons. The third kappa shape index (κ3) is 4.34. The molecule has 130 valence electrons. The lowest BCUT2D eigenvalue weighted by Gasteiger charge is -2.09. The van der Waals surface area contributed by atoms with Gasteiger partial charge in [0.25, 0.3) is 5.56 Å². The largest absolute Gasteiger partial charge is 0.385 e. The summed E-state index contributed by atoms with van der Waals surface area (Å²) in [7, 11) is -2.08. The minimum Gasteiger partial charge on any atom is -0.385 e. The van der Waals surface area contributed by atoms with Crippen LogP contribution in [-0.2, 0) is 14.8 Å². The Bertz CT molecular complexity index is 867. The fourth-order valence-electron chi connectivity index (χ4n) is 1.87. The number of benzene rings is 1. The highest BCUT2D eigenvalue weighted by Crippen LogP contribution is 2.17. The van der Waals surface area contributed by atoms with Crippen LogP contribution in [0.25, 0.3) is 5.69 Å². The van der Waals surface area contributed by atoms with E-state index in [-0.39, 0.29) is 21.5 Å². The van der Waals surface area contributed by atoms with Gasteiger partial charge in [-0.3, -0.25) is 4.79 Å². The molecule has 0 atom stereocenters. The van der Waals surface area contributed by atoms with Crippen LogP contribution in [0.3, 0.4) is 0 Å². The Hall–Kier alpha value is -1.45. The van der Waals surface area contributed by atoms with E-state index >= 15 is 0 Å². The van der Waals surface area contributed by atoms with Crippen molar-refractivity contribution in [1.29, 1.82) is 0 Å². The molecule has 0 bridgehead atoms. The van der Waals surface area contributed by atoms with Crippen molar-refractivity contribution in [1.82, 2.24) is 14.5 Å². The van der Waals surface area contributed by atoms with Gasteiger partial charge < -0.3 is 4.74 Å². The molecular formula is C14H15Cl2N3O4S. The van der Waals surface area contributed by atoms with Crippen molar-refractivity contribution in [3.05, 3.63) is 50.9 Å². The normalized spacial score (nSPS) is 11.6. The zero-order valence-corrected chi connectivity index (χ0v) is 15.0. The molecule has 1 aromatic heterocycles. The van der Waals surface area contributed by atoms with Crippen LogP contribution in [-0.4, -0.2) is 38.5 Å². The van der Waals surface area contributed by atoms with Crippen molar-refractivity contribution in [2.75, 3.05) is 20.3 Å². The van der Waals surface area contributed by atoms with Crippen molar-refractivity contribution >= 4 is 33.2 Å². The quantitative estimate of drug-likeness (QED) is 0.727. The number of sulfonamides is 1. The summed E-state index contributed by atoms with van der Waals surface area (Å²) in [5, 5.41) is 3.78. The number of rotatable bonds is 7. The highest BCUT2D eigenvalue weighted by atomic mass is 35.5. The SMILES string of the molecule is COCCCNS(=O)(=O)c1ccc(-n2ncc(Cl)c(Cl)c2=O)cc1. The van der Waals surface area contributed by atoms with Crippen LogP contribution in [0.2, 0.25) is 10.0 Å². The molecule has 0 aliphatic carbocycles. The van der Waals surface area contributed by atoms with Gasteiger partial charge in [-0.25, -0.2) is 13.1 Å². The second-order valence-corrected chi connectivity index (χ2v) is 7.31. The minimum atomic E-state index is -3.63. The summed E-state index contributed by atoms with van der Waals surface area (Å²) >= 11 is 11.5. The molecule has 10 heteroatoms. The van der Waals surface area contributed by atoms with E-state index in [9.17, 15) is 13.2 Å². The number of nitrogens with zero attached hydrogens (tertiary/aromatic N) is 2. The van der Waals surface area contributed by atoms with Gasteiger partial charge in [-0.15, -0.1) is 0 Å². The van der Waals surface area contributed by atoms with E-state index in [0.717, 1.165) is 4.68 Å². The molecule has 7 nitrogen and oxygen atoms in total. The Morgan fingerprint density at radius 3 is 2.54 bits per heavy atom. The molecule has 0 unspecified atom stereocenters. The van der Waals surface area contributed by atoms with E-state index in [1.807, 2.05) is 0 Å². The predicted octanol–water partition coefficient (Wildman–Crippen LogP) is 1.85. The molecule has 1 aromatic carbocycles. The number of methoxy groups -OCH3 is 1. The molecule has 1 N–H and O–H groups in total. The number of nitrogens with one attached hydrogen (secondary N) is 1. The molecule has 0 aliphatic rings. The van der Waals surface area contributed by atoms with E-state index in [2.05, 4.69) is 9.82 Å². The number of ether oxygens (including phenoxy) is 1. The first kappa shape index (κ1) is 18.9. The maximum atomic E-state index is 12.1. The second-order valence-electron chi connectivity index (χ2n) is 4.76. The summed E-state index contributed by atoms with van der Waals surface area (Å²) in [6, 6.07) is 5.68. The lowest BCUT2D eigenvalue weighted by molar-refractivity contribution is 0.196. The van der Waals surface area contributed by atoms with Crippen molar-refractivity contribution in [3.63, 3.8) is 0 Å². The molecule has 0 aliphatic heterocycles. The first-order valence-corrected chi connectivity index (χ1v) is 9.13. The summed E-state index contributed by atoms with van der Waals surface area (Å²) in [6.45, 7) is 0.735. The molecule has 0 amide bonds. The lowest BCUT2D eigenvalue weighted by atomic mass is 10.3. The molecule has 1 heterocycles. The molecule has 0 spiro atoms. The molecule has 0 saturated carbocycles. The van der Waals surface area contributed by atoms with Crippen molar-refractivity contribution < 1.29 is 13.2 Å². The summed E-state index contributed by atoms with van der Waals surface area (Å²) in [5.74, 6) is 0. The minimum absolute atomic E-state index is 0.0531. The Morgan fingerprint density at radius 1 is 1.25 bits per heavy atom. The highest BCUT2D eigenvalue weighted by Gasteiger charge is 2.14. The maximum Gasteiger partial charge on any atom is 0.291 e. The fraction of sp³-hybridized carbons (Fsp3) is 0.286. The molecule has 2 aromatic rings. The van der Waals surface area contributed by atoms with Gasteiger partial charge in [0, 0.05) is 20.3 Å². The van der Waals surface area contributed by atoms with Gasteiger partial charge in [-0.1, -0.05) is 23.2 Å². The lowest BCUT2D eigenvalue weighted by Crippen LogP contribution is -2.26. The van der Waals surface area contributed by atoms with Crippen LogP contribution in [0.15, 0.2) is 40.2 Å². The van der Waals surface area contributed by atoms with Crippen LogP contribution < -0.4 is 10.3 Å². The average Bonchev–Trinajstić information content (AvgIpc) is 2.57. The van der Waals surface area contributed by atoms with Crippen LogP contribution in [0.5, 0.6) is 0 Å². The first-order valence-electron chi connectivity index (χ1n) is 6.89. The highest BCUT2D eigenvalue weighted by molar-refractivity contribution is 7.89. The summed E-state index contributed by atoms with van der Waals surface area (Å²) < 4.78 is 32.6. The first-order chi connectivity index (χ1) is 11.4. The number of halogens is 2. The van der Waals surface area contributed by atoms with Gasteiger partial charge in [0.05, 0.1) is 21.8 Å². The topological polar surface area (TPSA) is 90.3 Å². The van der Waals surface area contributed by atoms with Crippen LogP contribution in [0.1, 0.15) is 6.42 Å². The number of aromatic nitrogens is 2. The number of hydrogen-bond donors (Lipinski definition) is 1. The van der Waals surface area contributed by atoms with Crippen LogP contribution >= 0.6 is 23.2 Å². The van der Waals surface area contributed by atoms with Gasteiger partial charge in [0.1, 0.15) is 5.02 Å². The van der Waals surface area contributed by atoms with Gasteiger partial charge in [-0.2, -0.15) is 9.78 Å². The van der Waals surface area contributed by atoms with Crippen molar-refractivity contribution in [3.8, 4) is 5.69 Å². The number of hydrogen-bond acceptors (Lipinski definition) is 5. The smallest absolute Gasteiger partial charge is 0.291 e. The van der Waals surface area contributed by atoms with Gasteiger partial charge in [0.2, 0.25) is 10.0 Å². The van der Waals surface area contributed by atoms with Gasteiger partial charge in [0.15, 0.2) is 0 Å². The summed E-state index contributed by atoms with van der Waals surface area (Å²) in [6.07, 6.45) is 1.81. The van der Waals surface area contributed by atoms with E-state index in [1.165, 1.54) is 30.5 Å². The molecule has 0 fully saturated rings. The molecular weight excluding hydrogens is 377 g/mol. The summed E-state index contributed by atoms with van der Waals surface area (Å²) in [4.78, 5) is 12.1. The maximum absolute atomic E-state index is 12.1. The third-order valence-corrected chi connectivity index (χ3v) is 5.31. The van der Waals surface area contributed by atoms with Gasteiger partial charge >= 0.3 is 0 Å². The fourth-order valence-corrected chi connectivity index (χ4v) is 3.20. The van der Waals surface area contributed by atoms with Crippen LogP contribution in [0.4, 0.5) is 0 Å². The predicted molar refractivity (Wildman–Crippen MR) is 91.5 cm³/mol. The van der Waals surface area contributed by atoms with E-state index in [4.69, 9.17) is 27.9 Å². The van der Waals surface area contributed by atoms with Gasteiger partial charge in [-0.05, 0) is 30.7 Å². The standard InChI is InChI=1S/C14H15Cl2N3O4S/c1-23-8-2-7-18-24(21,22)11-5-3-10(4-6-11)19-14(20)13(16)12(15)9-17-19/h3-6,9,18H,2,7-8H2,1H3. The monoisotopic (exact) mass is 391 g/mol. The molecule has 24 heavy (non-hydrogen) atoms. The van der Waals surface area contributed by atoms with E-state index < -0.39 is 15.6 Å². The van der Waals surface area contributed by atoms with E-state index in [1.54, 1.807) is 7.11 Å². The Balaban J connectivity index is 2.22. The zero-order valence-electron chi connectivity index (χ0n) is 12.7. The summed E-state index contributed by atoms with van der Waals surface area (Å²) in [5.41, 5.74) is -0.214. The van der Waals surface area contributed by atoms with Crippen LogP contribution in [0, 0.1) is 0 Å². The Kier molecular flexibility index (Phi) is 6.36. The van der Waals surface area contributed by atoms with Crippen molar-refractivity contribution in [2.45, 2.75) is 11.3 Å². The molecule has 2 rings (SSSR count). The average molecular weight is 392 g/mol. The zero-order chi connectivity index (χ0) is 17.7. The van der Waals surface area contributed by atoms with Crippen molar-refractivity contribution in [2.24, 2.45) is 0 Å². The van der Waals surface area contributed by atoms with E-state index in [0.29, 0.717) is 18.7 Å². The Morgan fingerprint density at radius 2 is 1.92 bits per heavy atom. The Labute approximate surface area is 149 Å². The second kappa shape index (κ2) is 8.09. The molecule has 0 saturated heterocycles.